The molecule has 0 fully saturated rings. The smallest absolute Gasteiger partial charge is 0.115 e. The second-order valence-electron chi connectivity index (χ2n) is 5.18. The zero-order chi connectivity index (χ0) is 15.0. The van der Waals surface area contributed by atoms with Crippen LogP contribution in [0.15, 0.2) is 40.9 Å². The van der Waals surface area contributed by atoms with Gasteiger partial charge in [-0.3, -0.25) is 4.57 Å². The van der Waals surface area contributed by atoms with Gasteiger partial charge in [-0.2, -0.15) is 0 Å². The number of para-hydroxylation sites is 1. The minimum Gasteiger partial charge on any atom is -0.296 e. The molecule has 0 aliphatic rings. The van der Waals surface area contributed by atoms with E-state index in [0.29, 0.717) is 5.88 Å². The van der Waals surface area contributed by atoms with E-state index in [0.717, 1.165) is 27.9 Å². The van der Waals surface area contributed by atoms with Crippen molar-refractivity contribution >= 4 is 38.6 Å². The fourth-order valence-electron chi connectivity index (χ4n) is 2.64. The lowest BCUT2D eigenvalue weighted by molar-refractivity contribution is 0.909. The molecule has 0 saturated heterocycles. The summed E-state index contributed by atoms with van der Waals surface area (Å²) in [6, 6.07) is 12.6. The number of hydrogen-bond donors (Lipinski definition) is 0. The van der Waals surface area contributed by atoms with Crippen molar-refractivity contribution in [2.75, 3.05) is 5.88 Å². The molecule has 2 aromatic carbocycles. The zero-order valence-corrected chi connectivity index (χ0v) is 14.4. The number of alkyl halides is 1. The summed E-state index contributed by atoms with van der Waals surface area (Å²) < 4.78 is 3.35. The maximum atomic E-state index is 5.96. The van der Waals surface area contributed by atoms with Crippen LogP contribution in [0.4, 0.5) is 0 Å². The summed E-state index contributed by atoms with van der Waals surface area (Å²) in [5, 5.41) is 0. The van der Waals surface area contributed by atoms with Crippen LogP contribution in [0.1, 0.15) is 17.0 Å². The number of imidazole rings is 1. The van der Waals surface area contributed by atoms with Crippen LogP contribution < -0.4 is 0 Å². The van der Waals surface area contributed by atoms with Crippen molar-refractivity contribution in [3.05, 3.63) is 57.8 Å². The molecular formula is C17H16BrClN2. The van der Waals surface area contributed by atoms with E-state index in [1.54, 1.807) is 0 Å². The second-order valence-corrected chi connectivity index (χ2v) is 6.41. The van der Waals surface area contributed by atoms with E-state index in [-0.39, 0.29) is 0 Å². The van der Waals surface area contributed by atoms with E-state index in [2.05, 4.69) is 64.7 Å². The van der Waals surface area contributed by atoms with Gasteiger partial charge in [0.15, 0.2) is 0 Å². The first kappa shape index (κ1) is 14.6. The molecule has 108 valence electrons. The summed E-state index contributed by atoms with van der Waals surface area (Å²) in [5.74, 6) is 1.58. The number of aromatic nitrogens is 2. The Hall–Kier alpha value is -1.32. The number of fused-ring (bicyclic) bond motifs is 1. The van der Waals surface area contributed by atoms with Gasteiger partial charge in [-0.25, -0.2) is 4.98 Å². The van der Waals surface area contributed by atoms with Crippen LogP contribution in [0.3, 0.4) is 0 Å². The number of rotatable bonds is 3. The molecule has 0 radical (unpaired) electrons. The molecule has 2 nitrogen and oxygen atoms in total. The van der Waals surface area contributed by atoms with E-state index in [1.165, 1.54) is 16.6 Å². The van der Waals surface area contributed by atoms with Crippen LogP contribution in [0.25, 0.3) is 16.7 Å². The van der Waals surface area contributed by atoms with Gasteiger partial charge in [0.25, 0.3) is 0 Å². The molecule has 4 heteroatoms. The van der Waals surface area contributed by atoms with Crippen LogP contribution in [-0.2, 0) is 6.42 Å². The van der Waals surface area contributed by atoms with Crippen molar-refractivity contribution in [1.82, 2.24) is 9.55 Å². The van der Waals surface area contributed by atoms with Crippen molar-refractivity contribution in [1.29, 1.82) is 0 Å². The fraction of sp³-hybridized carbons (Fsp3) is 0.235. The quantitative estimate of drug-likeness (QED) is 0.586. The molecule has 1 aromatic heterocycles. The molecule has 0 atom stereocenters. The Bertz CT molecular complexity index is 808. The van der Waals surface area contributed by atoms with Crippen molar-refractivity contribution < 1.29 is 0 Å². The second kappa shape index (κ2) is 5.82. The Morgan fingerprint density at radius 1 is 1.14 bits per heavy atom. The van der Waals surface area contributed by atoms with Crippen molar-refractivity contribution in [3.8, 4) is 5.69 Å². The van der Waals surface area contributed by atoms with Gasteiger partial charge in [0, 0.05) is 22.5 Å². The summed E-state index contributed by atoms with van der Waals surface area (Å²) in [6.07, 6.45) is 0.755. The molecule has 1 heterocycles. The minimum absolute atomic E-state index is 0.567. The maximum Gasteiger partial charge on any atom is 0.115 e. The summed E-state index contributed by atoms with van der Waals surface area (Å²) in [7, 11) is 0. The Morgan fingerprint density at radius 2 is 1.95 bits per heavy atom. The van der Waals surface area contributed by atoms with Crippen molar-refractivity contribution in [2.24, 2.45) is 0 Å². The SMILES string of the molecule is Cc1cc(-n2c(CCCl)nc3cccc(C)c32)ccc1Br. The topological polar surface area (TPSA) is 17.8 Å². The number of hydrogen-bond acceptors (Lipinski definition) is 1. The average molecular weight is 364 g/mol. The van der Waals surface area contributed by atoms with Gasteiger partial charge in [0.2, 0.25) is 0 Å². The highest BCUT2D eigenvalue weighted by atomic mass is 79.9. The van der Waals surface area contributed by atoms with Gasteiger partial charge in [0.1, 0.15) is 5.82 Å². The standard InChI is InChI=1S/C17H16BrClN2/c1-11-4-3-5-15-17(11)21(16(20-15)8-9-19)13-6-7-14(18)12(2)10-13/h3-7,10H,8-9H2,1-2H3. The summed E-state index contributed by atoms with van der Waals surface area (Å²) in [5.41, 5.74) is 5.75. The first-order valence-corrected chi connectivity index (χ1v) is 8.24. The zero-order valence-electron chi connectivity index (χ0n) is 12.0. The van der Waals surface area contributed by atoms with Crippen molar-refractivity contribution in [3.63, 3.8) is 0 Å². The highest BCUT2D eigenvalue weighted by Crippen LogP contribution is 2.27. The number of nitrogens with zero attached hydrogens (tertiary/aromatic N) is 2. The van der Waals surface area contributed by atoms with Crippen LogP contribution in [0.5, 0.6) is 0 Å². The molecule has 0 bridgehead atoms. The lowest BCUT2D eigenvalue weighted by Crippen LogP contribution is -2.03. The largest absolute Gasteiger partial charge is 0.296 e. The molecule has 3 aromatic rings. The van der Waals surface area contributed by atoms with Crippen LogP contribution in [0, 0.1) is 13.8 Å². The third-order valence-electron chi connectivity index (χ3n) is 3.67. The van der Waals surface area contributed by atoms with Gasteiger partial charge in [0.05, 0.1) is 11.0 Å². The predicted octanol–water partition coefficient (Wildman–Crippen LogP) is 5.19. The molecule has 0 unspecified atom stereocenters. The molecule has 0 aliphatic carbocycles. The third-order valence-corrected chi connectivity index (χ3v) is 4.74. The molecule has 0 aliphatic heterocycles. The fourth-order valence-corrected chi connectivity index (χ4v) is 3.06. The molecule has 0 N–H and O–H groups in total. The van der Waals surface area contributed by atoms with Gasteiger partial charge < -0.3 is 0 Å². The Labute approximate surface area is 137 Å². The summed E-state index contributed by atoms with van der Waals surface area (Å²) in [4.78, 5) is 4.76. The molecule has 0 saturated carbocycles. The first-order valence-electron chi connectivity index (χ1n) is 6.91. The lowest BCUT2D eigenvalue weighted by Gasteiger charge is -2.11. The van der Waals surface area contributed by atoms with E-state index in [1.807, 2.05) is 6.07 Å². The Balaban J connectivity index is 2.32. The average Bonchev–Trinajstić information content (AvgIpc) is 2.82. The number of benzene rings is 2. The molecular weight excluding hydrogens is 348 g/mol. The number of halogens is 2. The lowest BCUT2D eigenvalue weighted by atomic mass is 10.2. The van der Waals surface area contributed by atoms with Gasteiger partial charge in [-0.15, -0.1) is 11.6 Å². The molecule has 3 rings (SSSR count). The van der Waals surface area contributed by atoms with Crippen LogP contribution >= 0.6 is 27.5 Å². The van der Waals surface area contributed by atoms with Crippen LogP contribution in [-0.4, -0.2) is 15.4 Å². The highest BCUT2D eigenvalue weighted by Gasteiger charge is 2.14. The maximum absolute atomic E-state index is 5.96. The Morgan fingerprint density at radius 3 is 2.67 bits per heavy atom. The van der Waals surface area contributed by atoms with Crippen molar-refractivity contribution in [2.45, 2.75) is 20.3 Å². The van der Waals surface area contributed by atoms with Gasteiger partial charge >= 0.3 is 0 Å². The predicted molar refractivity (Wildman–Crippen MR) is 92.7 cm³/mol. The van der Waals surface area contributed by atoms with E-state index < -0.39 is 0 Å². The Kier molecular flexibility index (Phi) is 4.05. The van der Waals surface area contributed by atoms with Crippen LogP contribution in [0.2, 0.25) is 0 Å². The van der Waals surface area contributed by atoms with E-state index in [4.69, 9.17) is 16.6 Å². The summed E-state index contributed by atoms with van der Waals surface area (Å²) >= 11 is 9.52. The van der Waals surface area contributed by atoms with E-state index in [9.17, 15) is 0 Å². The normalized spacial score (nSPS) is 11.2. The highest BCUT2D eigenvalue weighted by molar-refractivity contribution is 9.10. The summed E-state index contributed by atoms with van der Waals surface area (Å²) in [6.45, 7) is 4.22. The number of aryl methyl sites for hydroxylation is 3. The minimum atomic E-state index is 0.567. The molecule has 21 heavy (non-hydrogen) atoms. The molecule has 0 spiro atoms. The van der Waals surface area contributed by atoms with Gasteiger partial charge in [-0.05, 0) is 49.2 Å². The van der Waals surface area contributed by atoms with E-state index >= 15 is 0 Å². The third kappa shape index (κ3) is 2.60. The first-order chi connectivity index (χ1) is 10.1. The molecule has 0 amide bonds. The van der Waals surface area contributed by atoms with Gasteiger partial charge in [-0.1, -0.05) is 28.1 Å². The monoisotopic (exact) mass is 362 g/mol.